The van der Waals surface area contributed by atoms with Crippen LogP contribution in [0.1, 0.15) is 15.9 Å². The van der Waals surface area contributed by atoms with Crippen molar-refractivity contribution in [3.8, 4) is 0 Å². The zero-order chi connectivity index (χ0) is 15.4. The van der Waals surface area contributed by atoms with Gasteiger partial charge in [-0.2, -0.15) is 0 Å². The van der Waals surface area contributed by atoms with E-state index in [1.54, 1.807) is 0 Å². The molecule has 0 bridgehead atoms. The van der Waals surface area contributed by atoms with E-state index in [0.717, 1.165) is 31.7 Å². The molecule has 0 aromatic heterocycles. The Morgan fingerprint density at radius 3 is 2.09 bits per heavy atom. The molecular formula is C19H22N2O. The summed E-state index contributed by atoms with van der Waals surface area (Å²) in [6.45, 7) is 5.44. The highest BCUT2D eigenvalue weighted by Gasteiger charge is 2.24. The molecule has 1 fully saturated rings. The number of amides is 1. The number of rotatable bonds is 2. The van der Waals surface area contributed by atoms with Gasteiger partial charge in [-0.1, -0.05) is 54.2 Å². The topological polar surface area (TPSA) is 23.6 Å². The summed E-state index contributed by atoms with van der Waals surface area (Å²) in [7, 11) is 0. The van der Waals surface area contributed by atoms with Gasteiger partial charge in [0.2, 0.25) is 0 Å². The molecule has 114 valence electrons. The van der Waals surface area contributed by atoms with Crippen molar-refractivity contribution in [3.63, 3.8) is 0 Å². The van der Waals surface area contributed by atoms with Gasteiger partial charge in [0.1, 0.15) is 0 Å². The molecule has 0 atom stereocenters. The third-order valence-corrected chi connectivity index (χ3v) is 4.27. The largest absolute Gasteiger partial charge is 0.336 e. The molecule has 1 aliphatic carbocycles. The molecular weight excluding hydrogens is 272 g/mol. The normalized spacial score (nSPS) is 19.4. The highest BCUT2D eigenvalue weighted by atomic mass is 16.2. The van der Waals surface area contributed by atoms with E-state index in [0.29, 0.717) is 6.04 Å². The molecule has 22 heavy (non-hydrogen) atoms. The number of allylic oxidation sites excluding steroid dienone is 4. The Morgan fingerprint density at radius 1 is 0.909 bits per heavy atom. The molecule has 1 aromatic carbocycles. The molecule has 1 aliphatic heterocycles. The predicted octanol–water partition coefficient (Wildman–Crippen LogP) is 2.80. The number of aryl methyl sites for hydroxylation is 1. The lowest BCUT2D eigenvalue weighted by molar-refractivity contribution is 0.0625. The van der Waals surface area contributed by atoms with E-state index < -0.39 is 0 Å². The maximum Gasteiger partial charge on any atom is 0.253 e. The summed E-state index contributed by atoms with van der Waals surface area (Å²) < 4.78 is 0. The van der Waals surface area contributed by atoms with Crippen LogP contribution in [-0.4, -0.2) is 47.9 Å². The molecule has 1 aromatic rings. The summed E-state index contributed by atoms with van der Waals surface area (Å²) in [6, 6.07) is 8.18. The van der Waals surface area contributed by atoms with Crippen LogP contribution in [0.25, 0.3) is 0 Å². The van der Waals surface area contributed by atoms with E-state index in [4.69, 9.17) is 0 Å². The molecule has 0 spiro atoms. The van der Waals surface area contributed by atoms with Gasteiger partial charge in [-0.3, -0.25) is 9.69 Å². The minimum atomic E-state index is 0.147. The summed E-state index contributed by atoms with van der Waals surface area (Å²) in [5, 5.41) is 0. The Balaban J connectivity index is 1.59. The summed E-state index contributed by atoms with van der Waals surface area (Å²) in [5.41, 5.74) is 1.97. The van der Waals surface area contributed by atoms with Crippen molar-refractivity contribution in [2.45, 2.75) is 13.0 Å². The zero-order valence-electron chi connectivity index (χ0n) is 13.0. The van der Waals surface area contributed by atoms with Crippen molar-refractivity contribution in [1.29, 1.82) is 0 Å². The van der Waals surface area contributed by atoms with Crippen molar-refractivity contribution >= 4 is 5.91 Å². The van der Waals surface area contributed by atoms with E-state index in [9.17, 15) is 4.79 Å². The highest BCUT2D eigenvalue weighted by molar-refractivity contribution is 5.94. The first-order chi connectivity index (χ1) is 10.7. The molecule has 0 radical (unpaired) electrons. The molecule has 3 rings (SSSR count). The minimum absolute atomic E-state index is 0.147. The standard InChI is InChI=1S/C19H22N2O/c1-16-8-10-17(11-9-16)19(22)21-14-12-20(13-15-21)18-6-4-2-3-5-7-18/h2-11,18H,12-15H2,1H3. The average molecular weight is 294 g/mol. The fourth-order valence-electron chi connectivity index (χ4n) is 2.89. The van der Waals surface area contributed by atoms with Crippen LogP contribution >= 0.6 is 0 Å². The number of nitrogens with zero attached hydrogens (tertiary/aromatic N) is 2. The van der Waals surface area contributed by atoms with Crippen LogP contribution < -0.4 is 0 Å². The van der Waals surface area contributed by atoms with Crippen molar-refractivity contribution in [3.05, 3.63) is 71.8 Å². The second kappa shape index (κ2) is 6.75. The van der Waals surface area contributed by atoms with Gasteiger partial charge in [0, 0.05) is 37.8 Å². The monoisotopic (exact) mass is 294 g/mol. The fourth-order valence-corrected chi connectivity index (χ4v) is 2.89. The van der Waals surface area contributed by atoms with E-state index in [-0.39, 0.29) is 5.91 Å². The smallest absolute Gasteiger partial charge is 0.253 e. The van der Waals surface area contributed by atoms with Crippen LogP contribution in [0.4, 0.5) is 0 Å². The molecule has 0 N–H and O–H groups in total. The van der Waals surface area contributed by atoms with E-state index in [1.165, 1.54) is 5.56 Å². The SMILES string of the molecule is Cc1ccc(C(=O)N2CCN(C3C=CC=CC=C3)CC2)cc1. The molecule has 0 unspecified atom stereocenters. The van der Waals surface area contributed by atoms with Gasteiger partial charge < -0.3 is 4.90 Å². The first-order valence-corrected chi connectivity index (χ1v) is 7.86. The van der Waals surface area contributed by atoms with Crippen molar-refractivity contribution in [1.82, 2.24) is 9.80 Å². The fraction of sp³-hybridized carbons (Fsp3) is 0.316. The maximum atomic E-state index is 12.5. The number of carbonyl (C=O) groups is 1. The lowest BCUT2D eigenvalue weighted by Gasteiger charge is -2.37. The van der Waals surface area contributed by atoms with E-state index >= 15 is 0 Å². The van der Waals surface area contributed by atoms with Gasteiger partial charge in [0.25, 0.3) is 5.91 Å². The lowest BCUT2D eigenvalue weighted by atomic mass is 10.1. The number of hydrogen-bond acceptors (Lipinski definition) is 2. The van der Waals surface area contributed by atoms with Crippen LogP contribution in [0.5, 0.6) is 0 Å². The van der Waals surface area contributed by atoms with Crippen LogP contribution in [0, 0.1) is 6.92 Å². The second-order valence-corrected chi connectivity index (χ2v) is 5.84. The summed E-state index contributed by atoms with van der Waals surface area (Å²) in [4.78, 5) is 16.9. The van der Waals surface area contributed by atoms with Crippen molar-refractivity contribution < 1.29 is 4.79 Å². The molecule has 3 nitrogen and oxygen atoms in total. The summed E-state index contributed by atoms with van der Waals surface area (Å²) in [5.74, 6) is 0.147. The molecule has 1 heterocycles. The quantitative estimate of drug-likeness (QED) is 0.837. The van der Waals surface area contributed by atoms with Crippen molar-refractivity contribution in [2.24, 2.45) is 0 Å². The van der Waals surface area contributed by atoms with Crippen molar-refractivity contribution in [2.75, 3.05) is 26.2 Å². The zero-order valence-corrected chi connectivity index (χ0v) is 13.0. The van der Waals surface area contributed by atoms with Crippen LogP contribution in [-0.2, 0) is 0 Å². The van der Waals surface area contributed by atoms with E-state index in [2.05, 4.69) is 29.2 Å². The molecule has 1 amide bonds. The highest BCUT2D eigenvalue weighted by Crippen LogP contribution is 2.14. The molecule has 3 heteroatoms. The Bertz CT molecular complexity index is 589. The minimum Gasteiger partial charge on any atom is -0.336 e. The van der Waals surface area contributed by atoms with Gasteiger partial charge in [0.05, 0.1) is 0 Å². The third-order valence-electron chi connectivity index (χ3n) is 4.27. The second-order valence-electron chi connectivity index (χ2n) is 5.84. The molecule has 2 aliphatic rings. The van der Waals surface area contributed by atoms with Crippen LogP contribution in [0.2, 0.25) is 0 Å². The molecule has 0 saturated carbocycles. The first-order valence-electron chi connectivity index (χ1n) is 7.86. The Kier molecular flexibility index (Phi) is 4.54. The summed E-state index contributed by atoms with van der Waals surface area (Å²) >= 11 is 0. The van der Waals surface area contributed by atoms with Gasteiger partial charge in [-0.05, 0) is 19.1 Å². The number of hydrogen-bond donors (Lipinski definition) is 0. The van der Waals surface area contributed by atoms with E-state index in [1.807, 2.05) is 48.2 Å². The Morgan fingerprint density at radius 2 is 1.50 bits per heavy atom. The molecule has 1 saturated heterocycles. The number of carbonyl (C=O) groups excluding carboxylic acids is 1. The lowest BCUT2D eigenvalue weighted by Crippen LogP contribution is -2.51. The summed E-state index contributed by atoms with van der Waals surface area (Å²) in [6.07, 6.45) is 12.7. The average Bonchev–Trinajstić information content (AvgIpc) is 2.84. The predicted molar refractivity (Wildman–Crippen MR) is 89.9 cm³/mol. The van der Waals surface area contributed by atoms with Crippen LogP contribution in [0.3, 0.4) is 0 Å². The van der Waals surface area contributed by atoms with Gasteiger partial charge in [-0.15, -0.1) is 0 Å². The van der Waals surface area contributed by atoms with Crippen LogP contribution in [0.15, 0.2) is 60.7 Å². The number of benzene rings is 1. The first kappa shape index (κ1) is 14.8. The van der Waals surface area contributed by atoms with Gasteiger partial charge >= 0.3 is 0 Å². The number of piperazine rings is 1. The van der Waals surface area contributed by atoms with Gasteiger partial charge in [-0.25, -0.2) is 0 Å². The Labute approximate surface area is 132 Å². The maximum absolute atomic E-state index is 12.5. The Hall–Kier alpha value is -2.13. The third kappa shape index (κ3) is 3.37. The van der Waals surface area contributed by atoms with Gasteiger partial charge in [0.15, 0.2) is 0 Å².